The van der Waals surface area contributed by atoms with Crippen LogP contribution >= 0.6 is 0 Å². The summed E-state index contributed by atoms with van der Waals surface area (Å²) in [6.07, 6.45) is 3.61. The molecule has 0 radical (unpaired) electrons. The van der Waals surface area contributed by atoms with Crippen LogP contribution in [0.1, 0.15) is 24.8 Å². The summed E-state index contributed by atoms with van der Waals surface area (Å²) in [6.45, 7) is 0.594. The number of ether oxygens (including phenoxy) is 1. The first-order valence-electron chi connectivity index (χ1n) is 6.06. The Hall–Kier alpha value is -2.09. The number of aromatic nitrogens is 2. The molecular formula is C11H17N5O3. The Kier molecular flexibility index (Phi) is 4.00. The Morgan fingerprint density at radius 1 is 1.68 bits per heavy atom. The first-order valence-corrected chi connectivity index (χ1v) is 6.06. The SMILES string of the molecule is Cn1ncc(C(N)=NO)c1NC(=O)C1CCCCO1. The maximum absolute atomic E-state index is 12.1. The number of amides is 1. The molecule has 1 aliphatic heterocycles. The van der Waals surface area contributed by atoms with Gasteiger partial charge >= 0.3 is 0 Å². The number of carbonyl (C=O) groups excluding carboxylic acids is 1. The summed E-state index contributed by atoms with van der Waals surface area (Å²) in [5, 5.41) is 18.3. The molecule has 1 atom stereocenters. The van der Waals surface area contributed by atoms with Crippen molar-refractivity contribution in [3.8, 4) is 0 Å². The van der Waals surface area contributed by atoms with E-state index in [0.29, 0.717) is 24.4 Å². The van der Waals surface area contributed by atoms with Crippen LogP contribution in [0.3, 0.4) is 0 Å². The minimum absolute atomic E-state index is 0.104. The van der Waals surface area contributed by atoms with Crippen LogP contribution in [0.2, 0.25) is 0 Å². The fraction of sp³-hybridized carbons (Fsp3) is 0.545. The predicted octanol–water partition coefficient (Wildman–Crippen LogP) is 0.0222. The van der Waals surface area contributed by atoms with E-state index in [4.69, 9.17) is 15.7 Å². The topological polar surface area (TPSA) is 115 Å². The second-order valence-electron chi connectivity index (χ2n) is 4.36. The van der Waals surface area contributed by atoms with E-state index in [-0.39, 0.29) is 11.7 Å². The van der Waals surface area contributed by atoms with Crippen LogP contribution in [0.15, 0.2) is 11.4 Å². The van der Waals surface area contributed by atoms with E-state index in [1.165, 1.54) is 10.9 Å². The minimum atomic E-state index is -0.455. The van der Waals surface area contributed by atoms with Crippen molar-refractivity contribution in [2.45, 2.75) is 25.4 Å². The molecule has 0 saturated carbocycles. The fourth-order valence-corrected chi connectivity index (χ4v) is 1.97. The van der Waals surface area contributed by atoms with Gasteiger partial charge in [-0.25, -0.2) is 0 Å². The lowest BCUT2D eigenvalue weighted by atomic mass is 10.1. The molecule has 2 heterocycles. The number of amidine groups is 1. The van der Waals surface area contributed by atoms with E-state index < -0.39 is 6.10 Å². The van der Waals surface area contributed by atoms with Crippen LogP contribution in [0, 0.1) is 0 Å². The predicted molar refractivity (Wildman–Crippen MR) is 67.9 cm³/mol. The zero-order chi connectivity index (χ0) is 13.8. The number of hydrogen-bond donors (Lipinski definition) is 3. The Morgan fingerprint density at radius 2 is 2.47 bits per heavy atom. The van der Waals surface area contributed by atoms with Gasteiger partial charge in [-0.2, -0.15) is 5.10 Å². The third kappa shape index (κ3) is 2.84. The second-order valence-corrected chi connectivity index (χ2v) is 4.36. The lowest BCUT2D eigenvalue weighted by Crippen LogP contribution is -2.34. The monoisotopic (exact) mass is 267 g/mol. The molecule has 1 aromatic heterocycles. The molecule has 8 heteroatoms. The first-order chi connectivity index (χ1) is 9.13. The highest BCUT2D eigenvalue weighted by molar-refractivity contribution is 6.05. The summed E-state index contributed by atoms with van der Waals surface area (Å²) in [4.78, 5) is 12.1. The van der Waals surface area contributed by atoms with Crippen molar-refractivity contribution in [1.29, 1.82) is 0 Å². The fourth-order valence-electron chi connectivity index (χ4n) is 1.97. The maximum Gasteiger partial charge on any atom is 0.254 e. The Bertz CT molecular complexity index is 491. The lowest BCUT2D eigenvalue weighted by Gasteiger charge is -2.21. The number of nitrogens with one attached hydrogen (secondary N) is 1. The second kappa shape index (κ2) is 5.70. The third-order valence-electron chi connectivity index (χ3n) is 3.04. The van der Waals surface area contributed by atoms with E-state index in [0.717, 1.165) is 12.8 Å². The zero-order valence-electron chi connectivity index (χ0n) is 10.7. The molecule has 0 spiro atoms. The molecule has 1 aliphatic rings. The van der Waals surface area contributed by atoms with Gasteiger partial charge in [-0.3, -0.25) is 9.48 Å². The number of aryl methyl sites for hydroxylation is 1. The highest BCUT2D eigenvalue weighted by atomic mass is 16.5. The van der Waals surface area contributed by atoms with Crippen molar-refractivity contribution in [1.82, 2.24) is 9.78 Å². The molecule has 4 N–H and O–H groups in total. The molecule has 2 rings (SSSR count). The summed E-state index contributed by atoms with van der Waals surface area (Å²) in [6, 6.07) is 0. The normalized spacial score (nSPS) is 20.3. The smallest absolute Gasteiger partial charge is 0.254 e. The first kappa shape index (κ1) is 13.3. The van der Waals surface area contributed by atoms with Crippen LogP contribution < -0.4 is 11.1 Å². The minimum Gasteiger partial charge on any atom is -0.409 e. The molecule has 1 saturated heterocycles. The van der Waals surface area contributed by atoms with Crippen molar-refractivity contribution in [2.24, 2.45) is 17.9 Å². The average Bonchev–Trinajstić information content (AvgIpc) is 2.80. The van der Waals surface area contributed by atoms with Gasteiger partial charge in [0.05, 0.1) is 11.8 Å². The van der Waals surface area contributed by atoms with E-state index in [2.05, 4.69) is 15.6 Å². The summed E-state index contributed by atoms with van der Waals surface area (Å²) in [7, 11) is 1.66. The molecule has 0 bridgehead atoms. The molecule has 1 amide bonds. The highest BCUT2D eigenvalue weighted by Gasteiger charge is 2.24. The van der Waals surface area contributed by atoms with E-state index >= 15 is 0 Å². The third-order valence-corrected chi connectivity index (χ3v) is 3.04. The largest absolute Gasteiger partial charge is 0.409 e. The van der Waals surface area contributed by atoms with Gasteiger partial charge in [0.2, 0.25) is 0 Å². The molecule has 104 valence electrons. The van der Waals surface area contributed by atoms with Gasteiger partial charge < -0.3 is 21.0 Å². The van der Waals surface area contributed by atoms with Gasteiger partial charge in [-0.15, -0.1) is 0 Å². The van der Waals surface area contributed by atoms with Gasteiger partial charge in [0.15, 0.2) is 5.84 Å². The number of rotatable bonds is 3. The molecule has 1 fully saturated rings. The van der Waals surface area contributed by atoms with E-state index in [9.17, 15) is 4.79 Å². The van der Waals surface area contributed by atoms with Crippen LogP contribution in [0.5, 0.6) is 0 Å². The number of nitrogens with two attached hydrogens (primary N) is 1. The summed E-state index contributed by atoms with van der Waals surface area (Å²) < 4.78 is 6.85. The zero-order valence-corrected chi connectivity index (χ0v) is 10.7. The van der Waals surface area contributed by atoms with Gasteiger partial charge in [-0.05, 0) is 19.3 Å². The van der Waals surface area contributed by atoms with Crippen molar-refractivity contribution < 1.29 is 14.7 Å². The number of nitrogens with zero attached hydrogens (tertiary/aromatic N) is 3. The molecule has 1 aromatic rings. The molecule has 8 nitrogen and oxygen atoms in total. The quantitative estimate of drug-likeness (QED) is 0.309. The number of hydrogen-bond acceptors (Lipinski definition) is 5. The highest BCUT2D eigenvalue weighted by Crippen LogP contribution is 2.18. The van der Waals surface area contributed by atoms with Crippen LogP contribution in [-0.4, -0.2) is 39.4 Å². The van der Waals surface area contributed by atoms with Crippen molar-refractivity contribution in [2.75, 3.05) is 11.9 Å². The van der Waals surface area contributed by atoms with Crippen LogP contribution in [0.25, 0.3) is 0 Å². The summed E-state index contributed by atoms with van der Waals surface area (Å²) in [5.41, 5.74) is 5.90. The Labute approximate surface area is 110 Å². The summed E-state index contributed by atoms with van der Waals surface area (Å²) in [5.74, 6) is 0.0396. The molecule has 0 aromatic carbocycles. The van der Waals surface area contributed by atoms with E-state index in [1.807, 2.05) is 0 Å². The maximum atomic E-state index is 12.1. The lowest BCUT2D eigenvalue weighted by molar-refractivity contribution is -0.130. The number of oxime groups is 1. The molecule has 0 aliphatic carbocycles. The van der Waals surface area contributed by atoms with Gasteiger partial charge in [0.25, 0.3) is 5.91 Å². The molecular weight excluding hydrogens is 250 g/mol. The van der Waals surface area contributed by atoms with Gasteiger partial charge in [0.1, 0.15) is 11.9 Å². The molecule has 19 heavy (non-hydrogen) atoms. The van der Waals surface area contributed by atoms with Gasteiger partial charge in [-0.1, -0.05) is 5.16 Å². The Morgan fingerprint density at radius 3 is 3.11 bits per heavy atom. The van der Waals surface area contributed by atoms with Crippen molar-refractivity contribution >= 4 is 17.6 Å². The van der Waals surface area contributed by atoms with Crippen LogP contribution in [0.4, 0.5) is 5.82 Å². The van der Waals surface area contributed by atoms with E-state index in [1.54, 1.807) is 7.05 Å². The Balaban J connectivity index is 2.14. The summed E-state index contributed by atoms with van der Waals surface area (Å²) >= 11 is 0. The van der Waals surface area contributed by atoms with Crippen molar-refractivity contribution in [3.05, 3.63) is 11.8 Å². The average molecular weight is 267 g/mol. The van der Waals surface area contributed by atoms with Gasteiger partial charge in [0, 0.05) is 13.7 Å². The number of anilines is 1. The van der Waals surface area contributed by atoms with Crippen molar-refractivity contribution in [3.63, 3.8) is 0 Å². The standard InChI is InChI=1S/C11H17N5O3/c1-16-10(7(6-13-16)9(12)15-18)14-11(17)8-4-2-3-5-19-8/h6,8,18H,2-5H2,1H3,(H2,12,15)(H,14,17). The molecule has 1 unspecified atom stereocenters. The number of carbonyl (C=O) groups is 1. The van der Waals surface area contributed by atoms with Crippen LogP contribution in [-0.2, 0) is 16.6 Å².